The van der Waals surface area contributed by atoms with Crippen LogP contribution in [0.3, 0.4) is 0 Å². The predicted octanol–water partition coefficient (Wildman–Crippen LogP) is 3.10. The van der Waals surface area contributed by atoms with Crippen LogP contribution in [0.4, 0.5) is 0 Å². The maximum atomic E-state index is 9.11. The molecule has 0 spiro atoms. The third-order valence-corrected chi connectivity index (χ3v) is 2.47. The Balaban J connectivity index is 2.56. The molecule has 0 bridgehead atoms. The summed E-state index contributed by atoms with van der Waals surface area (Å²) in [6.45, 7) is 4.33. The molecule has 0 aliphatic carbocycles. The van der Waals surface area contributed by atoms with Gasteiger partial charge in [-0.05, 0) is 37.6 Å². The molecule has 1 atom stereocenters. The van der Waals surface area contributed by atoms with Crippen LogP contribution in [0.2, 0.25) is 0 Å². The fourth-order valence-corrected chi connectivity index (χ4v) is 1.50. The van der Waals surface area contributed by atoms with Crippen molar-refractivity contribution in [2.75, 3.05) is 6.61 Å². The summed E-state index contributed by atoms with van der Waals surface area (Å²) in [5.41, 5.74) is -0.438. The second kappa shape index (κ2) is 5.41. The van der Waals surface area contributed by atoms with Crippen molar-refractivity contribution in [3.8, 4) is 17.6 Å². The zero-order valence-electron chi connectivity index (χ0n) is 9.73. The van der Waals surface area contributed by atoms with Gasteiger partial charge < -0.3 is 9.84 Å². The van der Waals surface area contributed by atoms with E-state index in [4.69, 9.17) is 15.1 Å². The van der Waals surface area contributed by atoms with Gasteiger partial charge in [0.1, 0.15) is 18.1 Å². The number of hydrogen-bond acceptors (Lipinski definition) is 3. The average molecular weight is 219 g/mol. The monoisotopic (exact) mass is 219 g/mol. The van der Waals surface area contributed by atoms with Gasteiger partial charge in [0.25, 0.3) is 0 Å². The van der Waals surface area contributed by atoms with Gasteiger partial charge in [0.05, 0.1) is 11.5 Å². The zero-order chi connectivity index (χ0) is 12.0. The Morgan fingerprint density at radius 1 is 1.38 bits per heavy atom. The first-order valence-corrected chi connectivity index (χ1v) is 5.43. The highest BCUT2D eigenvalue weighted by Gasteiger charge is 2.23. The van der Waals surface area contributed by atoms with E-state index in [1.807, 2.05) is 6.92 Å². The largest absolute Gasteiger partial charge is 0.508 e. The minimum atomic E-state index is -0.438. The number of aromatic hydroxyl groups is 1. The molecule has 0 saturated heterocycles. The minimum Gasteiger partial charge on any atom is -0.508 e. The molecule has 0 aromatic heterocycles. The third-order valence-electron chi connectivity index (χ3n) is 2.47. The van der Waals surface area contributed by atoms with Gasteiger partial charge in [-0.3, -0.25) is 0 Å². The maximum Gasteiger partial charge on any atom is 0.119 e. The second-order valence-corrected chi connectivity index (χ2v) is 4.21. The molecular formula is C13H17NO2. The van der Waals surface area contributed by atoms with Crippen LogP contribution in [0, 0.1) is 16.7 Å². The summed E-state index contributed by atoms with van der Waals surface area (Å²) in [6, 6.07) is 8.81. The number of nitrogens with zero attached hydrogens (tertiary/aromatic N) is 1. The van der Waals surface area contributed by atoms with Gasteiger partial charge >= 0.3 is 0 Å². The molecule has 1 N–H and O–H groups in total. The molecule has 0 aliphatic rings. The van der Waals surface area contributed by atoms with E-state index in [1.54, 1.807) is 24.3 Å². The highest BCUT2D eigenvalue weighted by Crippen LogP contribution is 2.24. The van der Waals surface area contributed by atoms with Crippen molar-refractivity contribution < 1.29 is 9.84 Å². The van der Waals surface area contributed by atoms with E-state index in [0.29, 0.717) is 12.4 Å². The van der Waals surface area contributed by atoms with Gasteiger partial charge in [-0.1, -0.05) is 13.3 Å². The fourth-order valence-electron chi connectivity index (χ4n) is 1.50. The van der Waals surface area contributed by atoms with Gasteiger partial charge in [-0.25, -0.2) is 0 Å². The minimum absolute atomic E-state index is 0.212. The third kappa shape index (κ3) is 3.47. The lowest BCUT2D eigenvalue weighted by Crippen LogP contribution is -2.23. The Hall–Kier alpha value is -1.69. The predicted molar refractivity (Wildman–Crippen MR) is 62.2 cm³/mol. The molecule has 1 aromatic rings. The molecule has 1 rings (SSSR count). The fraction of sp³-hybridized carbons (Fsp3) is 0.462. The number of ether oxygens (including phenoxy) is 1. The average Bonchev–Trinajstić information content (AvgIpc) is 2.29. The number of benzene rings is 1. The number of hydrogen-bond donors (Lipinski definition) is 1. The zero-order valence-corrected chi connectivity index (χ0v) is 9.73. The van der Waals surface area contributed by atoms with Crippen molar-refractivity contribution in [1.82, 2.24) is 0 Å². The summed E-state index contributed by atoms with van der Waals surface area (Å²) in [4.78, 5) is 0. The van der Waals surface area contributed by atoms with Gasteiger partial charge in [0.15, 0.2) is 0 Å². The number of phenols is 1. The molecule has 1 unspecified atom stereocenters. The van der Waals surface area contributed by atoms with Crippen molar-refractivity contribution in [2.24, 2.45) is 5.41 Å². The van der Waals surface area contributed by atoms with Gasteiger partial charge in [-0.15, -0.1) is 0 Å². The molecule has 0 fully saturated rings. The summed E-state index contributed by atoms with van der Waals surface area (Å²) >= 11 is 0. The molecule has 0 aliphatic heterocycles. The lowest BCUT2D eigenvalue weighted by molar-refractivity contribution is 0.201. The number of phenolic OH excluding ortho intramolecular Hbond substituents is 1. The Labute approximate surface area is 96.3 Å². The molecule has 0 saturated carbocycles. The first-order chi connectivity index (χ1) is 7.59. The van der Waals surface area contributed by atoms with E-state index in [-0.39, 0.29) is 5.75 Å². The van der Waals surface area contributed by atoms with Crippen molar-refractivity contribution in [3.05, 3.63) is 24.3 Å². The molecule has 3 heteroatoms. The van der Waals surface area contributed by atoms with Crippen LogP contribution in [-0.2, 0) is 0 Å². The normalized spacial score (nSPS) is 13.8. The molecule has 3 nitrogen and oxygen atoms in total. The Morgan fingerprint density at radius 3 is 2.50 bits per heavy atom. The van der Waals surface area contributed by atoms with E-state index < -0.39 is 5.41 Å². The van der Waals surface area contributed by atoms with E-state index in [2.05, 4.69) is 13.0 Å². The van der Waals surface area contributed by atoms with E-state index in [1.165, 1.54) is 0 Å². The maximum absolute atomic E-state index is 9.11. The summed E-state index contributed by atoms with van der Waals surface area (Å²) < 4.78 is 5.54. The molecule has 0 heterocycles. The number of rotatable bonds is 5. The Kier molecular flexibility index (Phi) is 4.19. The molecular weight excluding hydrogens is 202 g/mol. The lowest BCUT2D eigenvalue weighted by atomic mass is 9.88. The summed E-state index contributed by atoms with van der Waals surface area (Å²) in [7, 11) is 0. The van der Waals surface area contributed by atoms with E-state index in [0.717, 1.165) is 12.8 Å². The van der Waals surface area contributed by atoms with Crippen molar-refractivity contribution in [1.29, 1.82) is 5.26 Å². The standard InChI is InChI=1S/C13H17NO2/c1-3-8-13(2,9-14)10-16-12-6-4-11(15)5-7-12/h4-7,15H,3,8,10H2,1-2H3. The smallest absolute Gasteiger partial charge is 0.119 e. The summed E-state index contributed by atoms with van der Waals surface area (Å²) in [6.07, 6.45) is 1.78. The SMILES string of the molecule is CCCC(C)(C#N)COc1ccc(O)cc1. The van der Waals surface area contributed by atoms with Gasteiger partial charge in [-0.2, -0.15) is 5.26 Å². The van der Waals surface area contributed by atoms with Crippen LogP contribution >= 0.6 is 0 Å². The molecule has 0 amide bonds. The molecule has 86 valence electrons. The lowest BCUT2D eigenvalue weighted by Gasteiger charge is -2.20. The van der Waals surface area contributed by atoms with Gasteiger partial charge in [0, 0.05) is 0 Å². The Morgan fingerprint density at radius 2 is 2.00 bits per heavy atom. The molecule has 1 aromatic carbocycles. The molecule has 16 heavy (non-hydrogen) atoms. The highest BCUT2D eigenvalue weighted by atomic mass is 16.5. The van der Waals surface area contributed by atoms with Crippen LogP contribution in [0.1, 0.15) is 26.7 Å². The molecule has 0 radical (unpaired) electrons. The van der Waals surface area contributed by atoms with Crippen LogP contribution < -0.4 is 4.74 Å². The van der Waals surface area contributed by atoms with Crippen molar-refractivity contribution in [2.45, 2.75) is 26.7 Å². The topological polar surface area (TPSA) is 53.2 Å². The summed E-state index contributed by atoms with van der Waals surface area (Å²) in [5.74, 6) is 0.888. The number of nitriles is 1. The highest BCUT2D eigenvalue weighted by molar-refractivity contribution is 5.30. The van der Waals surface area contributed by atoms with Crippen molar-refractivity contribution >= 4 is 0 Å². The quantitative estimate of drug-likeness (QED) is 0.827. The van der Waals surface area contributed by atoms with E-state index in [9.17, 15) is 0 Å². The second-order valence-electron chi connectivity index (χ2n) is 4.21. The van der Waals surface area contributed by atoms with Crippen LogP contribution in [-0.4, -0.2) is 11.7 Å². The van der Waals surface area contributed by atoms with E-state index >= 15 is 0 Å². The van der Waals surface area contributed by atoms with Crippen LogP contribution in [0.25, 0.3) is 0 Å². The summed E-state index contributed by atoms with van der Waals surface area (Å²) in [5, 5.41) is 18.2. The Bertz CT molecular complexity index is 367. The first kappa shape index (κ1) is 12.4. The van der Waals surface area contributed by atoms with Gasteiger partial charge in [0.2, 0.25) is 0 Å². The van der Waals surface area contributed by atoms with Crippen LogP contribution in [0.5, 0.6) is 11.5 Å². The van der Waals surface area contributed by atoms with Crippen molar-refractivity contribution in [3.63, 3.8) is 0 Å². The van der Waals surface area contributed by atoms with Crippen LogP contribution in [0.15, 0.2) is 24.3 Å². The first-order valence-electron chi connectivity index (χ1n) is 5.43.